The third-order valence-electron chi connectivity index (χ3n) is 1.41. The summed E-state index contributed by atoms with van der Waals surface area (Å²) >= 11 is 3.96. The molecule has 60 valence electrons. The van der Waals surface area contributed by atoms with Crippen LogP contribution in [0, 0.1) is 12.3 Å². The zero-order valence-electron chi connectivity index (χ0n) is 6.10. The SMILES string of the molecule is C#CCC1=NC(O)N(S)N1C. The van der Waals surface area contributed by atoms with Gasteiger partial charge in [-0.15, -0.1) is 10.8 Å². The van der Waals surface area contributed by atoms with Crippen molar-refractivity contribution in [1.82, 2.24) is 9.42 Å². The molecule has 0 aromatic heterocycles. The summed E-state index contributed by atoms with van der Waals surface area (Å²) in [6.07, 6.45) is 4.58. The van der Waals surface area contributed by atoms with Gasteiger partial charge in [-0.25, -0.2) is 4.99 Å². The van der Waals surface area contributed by atoms with Crippen LogP contribution in [0.3, 0.4) is 0 Å². The molecule has 0 aromatic rings. The number of aliphatic hydroxyl groups excluding tert-OH is 1. The maximum absolute atomic E-state index is 9.12. The predicted molar refractivity (Wildman–Crippen MR) is 45.5 cm³/mol. The molecule has 0 fully saturated rings. The highest BCUT2D eigenvalue weighted by atomic mass is 32.1. The molecule has 1 aliphatic heterocycles. The Morgan fingerprint density at radius 2 is 2.55 bits per heavy atom. The van der Waals surface area contributed by atoms with E-state index < -0.39 is 6.35 Å². The fraction of sp³-hybridized carbons (Fsp3) is 0.500. The second-order valence-electron chi connectivity index (χ2n) is 2.12. The number of thiol groups is 1. The van der Waals surface area contributed by atoms with E-state index in [4.69, 9.17) is 11.5 Å². The van der Waals surface area contributed by atoms with E-state index in [2.05, 4.69) is 23.7 Å². The van der Waals surface area contributed by atoms with E-state index in [1.54, 1.807) is 12.1 Å². The van der Waals surface area contributed by atoms with Gasteiger partial charge in [0, 0.05) is 7.05 Å². The molecule has 0 saturated carbocycles. The van der Waals surface area contributed by atoms with Gasteiger partial charge in [-0.1, -0.05) is 18.7 Å². The topological polar surface area (TPSA) is 39.1 Å². The number of terminal acetylenes is 1. The molecule has 0 bridgehead atoms. The normalized spacial score (nSPS) is 25.1. The molecule has 1 heterocycles. The molecule has 0 saturated heterocycles. The fourth-order valence-corrected chi connectivity index (χ4v) is 0.948. The maximum Gasteiger partial charge on any atom is 0.232 e. The molecule has 0 aliphatic carbocycles. The van der Waals surface area contributed by atoms with Crippen LogP contribution < -0.4 is 0 Å². The minimum absolute atomic E-state index is 0.407. The lowest BCUT2D eigenvalue weighted by atomic mass is 10.4. The summed E-state index contributed by atoms with van der Waals surface area (Å²) in [4.78, 5) is 3.85. The molecule has 1 rings (SSSR count). The summed E-state index contributed by atoms with van der Waals surface area (Å²) < 4.78 is 1.30. The zero-order valence-corrected chi connectivity index (χ0v) is 6.99. The molecule has 0 radical (unpaired) electrons. The number of aliphatic hydroxyl groups is 1. The van der Waals surface area contributed by atoms with Gasteiger partial charge in [0.15, 0.2) is 0 Å². The van der Waals surface area contributed by atoms with Crippen molar-refractivity contribution in [3.8, 4) is 12.3 Å². The molecular weight excluding hydrogens is 162 g/mol. The highest BCUT2D eigenvalue weighted by Gasteiger charge is 2.26. The number of hydrazine groups is 1. The summed E-state index contributed by atoms with van der Waals surface area (Å²) in [7, 11) is 1.74. The quantitative estimate of drug-likeness (QED) is 0.420. The third kappa shape index (κ3) is 1.48. The van der Waals surface area contributed by atoms with Crippen molar-refractivity contribution in [3.05, 3.63) is 0 Å². The minimum atomic E-state index is -0.910. The largest absolute Gasteiger partial charge is 0.358 e. The van der Waals surface area contributed by atoms with Crippen LogP contribution in [0.5, 0.6) is 0 Å². The van der Waals surface area contributed by atoms with E-state index in [9.17, 15) is 0 Å². The molecule has 11 heavy (non-hydrogen) atoms. The fourth-order valence-electron chi connectivity index (χ4n) is 0.793. The number of hydrogen-bond donors (Lipinski definition) is 2. The Labute approximate surface area is 71.0 Å². The van der Waals surface area contributed by atoms with Gasteiger partial charge < -0.3 is 5.11 Å². The van der Waals surface area contributed by atoms with Crippen LogP contribution in [0.25, 0.3) is 0 Å². The summed E-state index contributed by atoms with van der Waals surface area (Å²) in [5.74, 6) is 3.09. The Balaban J connectivity index is 2.69. The summed E-state index contributed by atoms with van der Waals surface area (Å²) in [5, 5.41) is 10.7. The third-order valence-corrected chi connectivity index (χ3v) is 1.89. The number of aliphatic imine (C=N–C) groups is 1. The van der Waals surface area contributed by atoms with E-state index in [1.165, 1.54) is 4.41 Å². The van der Waals surface area contributed by atoms with E-state index in [0.29, 0.717) is 12.3 Å². The number of hydrogen-bond acceptors (Lipinski definition) is 5. The first-order valence-corrected chi connectivity index (χ1v) is 3.46. The van der Waals surface area contributed by atoms with Crippen LogP contribution in [-0.4, -0.2) is 33.8 Å². The van der Waals surface area contributed by atoms with Crippen molar-refractivity contribution >= 4 is 18.7 Å². The van der Waals surface area contributed by atoms with E-state index >= 15 is 0 Å². The van der Waals surface area contributed by atoms with Crippen LogP contribution in [-0.2, 0) is 0 Å². The van der Waals surface area contributed by atoms with Gasteiger partial charge in [0.2, 0.25) is 6.35 Å². The highest BCUT2D eigenvalue weighted by Crippen LogP contribution is 2.15. The first-order valence-electron chi connectivity index (χ1n) is 3.06. The Morgan fingerprint density at radius 1 is 1.91 bits per heavy atom. The van der Waals surface area contributed by atoms with Gasteiger partial charge in [0.05, 0.1) is 6.42 Å². The molecule has 1 aliphatic rings. The number of amidine groups is 1. The molecule has 1 N–H and O–H groups in total. The second kappa shape index (κ2) is 3.13. The first kappa shape index (κ1) is 8.40. The lowest BCUT2D eigenvalue weighted by Gasteiger charge is -2.21. The monoisotopic (exact) mass is 171 g/mol. The Bertz CT molecular complexity index is 222. The zero-order chi connectivity index (χ0) is 8.43. The lowest BCUT2D eigenvalue weighted by Crippen LogP contribution is -2.35. The Morgan fingerprint density at radius 3 is 2.91 bits per heavy atom. The van der Waals surface area contributed by atoms with Crippen LogP contribution >= 0.6 is 12.8 Å². The van der Waals surface area contributed by atoms with Crippen molar-refractivity contribution < 1.29 is 5.11 Å². The molecule has 0 spiro atoms. The van der Waals surface area contributed by atoms with Gasteiger partial charge >= 0.3 is 0 Å². The van der Waals surface area contributed by atoms with Gasteiger partial charge in [0.25, 0.3) is 0 Å². The van der Waals surface area contributed by atoms with E-state index in [0.717, 1.165) is 0 Å². The maximum atomic E-state index is 9.12. The second-order valence-corrected chi connectivity index (χ2v) is 2.53. The van der Waals surface area contributed by atoms with Crippen LogP contribution in [0.2, 0.25) is 0 Å². The van der Waals surface area contributed by atoms with Crippen molar-refractivity contribution in [2.24, 2.45) is 4.99 Å². The highest BCUT2D eigenvalue weighted by molar-refractivity contribution is 7.77. The van der Waals surface area contributed by atoms with Gasteiger partial charge in [0.1, 0.15) is 5.84 Å². The smallest absolute Gasteiger partial charge is 0.232 e. The molecule has 1 unspecified atom stereocenters. The average molecular weight is 171 g/mol. The van der Waals surface area contributed by atoms with Crippen molar-refractivity contribution in [2.45, 2.75) is 12.8 Å². The van der Waals surface area contributed by atoms with Crippen molar-refractivity contribution in [3.63, 3.8) is 0 Å². The molecule has 0 aromatic carbocycles. The molecular formula is C6H9N3OS. The molecule has 0 amide bonds. The van der Waals surface area contributed by atoms with Crippen molar-refractivity contribution in [1.29, 1.82) is 0 Å². The molecule has 4 nitrogen and oxygen atoms in total. The Kier molecular flexibility index (Phi) is 2.39. The first-order chi connectivity index (χ1) is 5.16. The van der Waals surface area contributed by atoms with E-state index in [-0.39, 0.29) is 0 Å². The van der Waals surface area contributed by atoms with Crippen LogP contribution in [0.1, 0.15) is 6.42 Å². The van der Waals surface area contributed by atoms with Crippen LogP contribution in [0.4, 0.5) is 0 Å². The average Bonchev–Trinajstić information content (AvgIpc) is 2.19. The Hall–Kier alpha value is -0.700. The predicted octanol–water partition coefficient (Wildman–Crippen LogP) is -0.309. The van der Waals surface area contributed by atoms with Gasteiger partial charge in [-0.05, 0) is 0 Å². The number of nitrogens with zero attached hydrogens (tertiary/aromatic N) is 3. The van der Waals surface area contributed by atoms with E-state index in [1.807, 2.05) is 0 Å². The summed E-state index contributed by atoms with van der Waals surface area (Å²) in [5.41, 5.74) is 0. The molecule has 5 heteroatoms. The summed E-state index contributed by atoms with van der Waals surface area (Å²) in [6, 6.07) is 0. The van der Waals surface area contributed by atoms with Crippen molar-refractivity contribution in [2.75, 3.05) is 7.05 Å². The standard InChI is InChI=1S/C6H9N3OS/c1-3-4-5-7-6(10)9(11)8(5)2/h1,6,10-11H,4H2,2H3. The lowest BCUT2D eigenvalue weighted by molar-refractivity contribution is 0.0212. The number of rotatable bonds is 1. The van der Waals surface area contributed by atoms with Gasteiger partial charge in [-0.3, -0.25) is 5.01 Å². The van der Waals surface area contributed by atoms with Gasteiger partial charge in [-0.2, -0.15) is 0 Å². The van der Waals surface area contributed by atoms with Crippen LogP contribution in [0.15, 0.2) is 4.99 Å². The molecule has 1 atom stereocenters. The minimum Gasteiger partial charge on any atom is -0.358 e. The summed E-state index contributed by atoms with van der Waals surface area (Å²) in [6.45, 7) is 0.